The number of amides is 3. The minimum absolute atomic E-state index is 0.167. The third-order valence-electron chi connectivity index (χ3n) is 2.23. The van der Waals surface area contributed by atoms with Crippen LogP contribution in [-0.4, -0.2) is 37.3 Å². The Bertz CT molecular complexity index is 507. The number of esters is 1. The number of nitrogens with one attached hydrogen (secondary N) is 2. The maximum atomic E-state index is 11.4. The van der Waals surface area contributed by atoms with Crippen molar-refractivity contribution >= 4 is 41.3 Å². The number of thioether (sulfide) groups is 1. The predicted molar refractivity (Wildman–Crippen MR) is 80.4 cm³/mol. The van der Waals surface area contributed by atoms with Crippen LogP contribution >= 0.6 is 23.4 Å². The summed E-state index contributed by atoms with van der Waals surface area (Å²) in [5, 5.41) is 4.86. The molecule has 8 heteroatoms. The van der Waals surface area contributed by atoms with Gasteiger partial charge in [0.1, 0.15) is 0 Å². The Labute approximate surface area is 131 Å². The number of halogens is 1. The molecule has 1 rings (SSSR count). The fourth-order valence-corrected chi connectivity index (χ4v) is 2.19. The van der Waals surface area contributed by atoms with E-state index in [1.54, 1.807) is 12.1 Å². The van der Waals surface area contributed by atoms with Crippen LogP contribution in [0.25, 0.3) is 0 Å². The lowest BCUT2D eigenvalue weighted by Gasteiger charge is -2.05. The normalized spacial score (nSPS) is 9.81. The van der Waals surface area contributed by atoms with Crippen LogP contribution in [0.5, 0.6) is 0 Å². The Morgan fingerprint density at radius 3 is 2.52 bits per heavy atom. The van der Waals surface area contributed by atoms with E-state index in [0.29, 0.717) is 10.8 Å². The fourth-order valence-electron chi connectivity index (χ4n) is 1.23. The quantitative estimate of drug-likeness (QED) is 0.614. The Kier molecular flexibility index (Phi) is 7.63. The predicted octanol–water partition coefficient (Wildman–Crippen LogP) is 1.82. The molecule has 0 saturated heterocycles. The van der Waals surface area contributed by atoms with Crippen LogP contribution < -0.4 is 10.6 Å². The van der Waals surface area contributed by atoms with Gasteiger partial charge in [-0.3, -0.25) is 14.9 Å². The van der Waals surface area contributed by atoms with Crippen molar-refractivity contribution in [2.75, 3.05) is 19.4 Å². The number of urea groups is 1. The zero-order valence-corrected chi connectivity index (χ0v) is 12.9. The SMILES string of the molecule is CNC(=O)NC(=O)COC(=O)CCSc1ccc(Cl)cc1. The smallest absolute Gasteiger partial charge is 0.321 e. The summed E-state index contributed by atoms with van der Waals surface area (Å²) in [6.07, 6.45) is 0.167. The van der Waals surface area contributed by atoms with E-state index in [9.17, 15) is 14.4 Å². The van der Waals surface area contributed by atoms with E-state index in [1.165, 1.54) is 18.8 Å². The highest BCUT2D eigenvalue weighted by atomic mass is 35.5. The largest absolute Gasteiger partial charge is 0.456 e. The Hall–Kier alpha value is -1.73. The van der Waals surface area contributed by atoms with Crippen LogP contribution in [0, 0.1) is 0 Å². The van der Waals surface area contributed by atoms with Gasteiger partial charge in [0.2, 0.25) is 0 Å². The zero-order valence-electron chi connectivity index (χ0n) is 11.3. The highest BCUT2D eigenvalue weighted by molar-refractivity contribution is 7.99. The van der Waals surface area contributed by atoms with Crippen molar-refractivity contribution in [1.29, 1.82) is 0 Å². The third-order valence-corrected chi connectivity index (χ3v) is 3.50. The van der Waals surface area contributed by atoms with Crippen LogP contribution in [0.1, 0.15) is 6.42 Å². The summed E-state index contributed by atoms with van der Waals surface area (Å²) in [4.78, 5) is 34.4. The molecule has 3 amide bonds. The first-order valence-electron chi connectivity index (χ1n) is 6.07. The molecule has 1 aromatic carbocycles. The number of hydrogen-bond donors (Lipinski definition) is 2. The number of imide groups is 1. The summed E-state index contributed by atoms with van der Waals surface area (Å²) < 4.78 is 4.74. The molecule has 0 fully saturated rings. The second-order valence-corrected chi connectivity index (χ2v) is 5.45. The highest BCUT2D eigenvalue weighted by Gasteiger charge is 2.09. The molecule has 0 heterocycles. The number of carbonyl (C=O) groups excluding carboxylic acids is 3. The van der Waals surface area contributed by atoms with Gasteiger partial charge in [-0.2, -0.15) is 0 Å². The summed E-state index contributed by atoms with van der Waals surface area (Å²) in [6, 6.07) is 6.61. The Balaban J connectivity index is 2.18. The zero-order chi connectivity index (χ0) is 15.7. The van der Waals surface area contributed by atoms with Gasteiger partial charge < -0.3 is 10.1 Å². The van der Waals surface area contributed by atoms with Crippen LogP contribution in [0.15, 0.2) is 29.2 Å². The van der Waals surface area contributed by atoms with Crippen LogP contribution in [-0.2, 0) is 14.3 Å². The van der Waals surface area contributed by atoms with Crippen molar-refractivity contribution in [2.45, 2.75) is 11.3 Å². The van der Waals surface area contributed by atoms with Crippen molar-refractivity contribution in [3.05, 3.63) is 29.3 Å². The molecule has 0 atom stereocenters. The number of rotatable bonds is 6. The molecule has 114 valence electrons. The molecule has 0 aromatic heterocycles. The van der Waals surface area contributed by atoms with Gasteiger partial charge in [0.15, 0.2) is 6.61 Å². The van der Waals surface area contributed by atoms with E-state index in [4.69, 9.17) is 16.3 Å². The summed E-state index contributed by atoms with van der Waals surface area (Å²) in [6.45, 7) is -0.474. The molecule has 21 heavy (non-hydrogen) atoms. The van der Waals surface area contributed by atoms with Crippen LogP contribution in [0.4, 0.5) is 4.79 Å². The van der Waals surface area contributed by atoms with Gasteiger partial charge in [-0.1, -0.05) is 11.6 Å². The summed E-state index contributed by atoms with van der Waals surface area (Å²) >= 11 is 7.25. The fraction of sp³-hybridized carbons (Fsp3) is 0.308. The number of benzene rings is 1. The van der Waals surface area contributed by atoms with Crippen molar-refractivity contribution in [3.8, 4) is 0 Å². The van der Waals surface area contributed by atoms with Gasteiger partial charge in [-0.05, 0) is 24.3 Å². The summed E-state index contributed by atoms with van der Waals surface area (Å²) in [5.41, 5.74) is 0. The Morgan fingerprint density at radius 1 is 1.24 bits per heavy atom. The van der Waals surface area contributed by atoms with Crippen molar-refractivity contribution in [3.63, 3.8) is 0 Å². The van der Waals surface area contributed by atoms with Gasteiger partial charge in [0.05, 0.1) is 6.42 Å². The molecule has 2 N–H and O–H groups in total. The standard InChI is InChI=1S/C13H15ClN2O4S/c1-15-13(19)16-11(17)8-20-12(18)6-7-21-10-4-2-9(14)3-5-10/h2-5H,6-8H2,1H3,(H2,15,16,17,19). The molecule has 0 aliphatic heterocycles. The summed E-state index contributed by atoms with van der Waals surface area (Å²) in [5.74, 6) is -0.645. The van der Waals surface area contributed by atoms with Gasteiger partial charge in [-0.25, -0.2) is 4.79 Å². The van der Waals surface area contributed by atoms with E-state index >= 15 is 0 Å². The second-order valence-electron chi connectivity index (χ2n) is 3.84. The van der Waals surface area contributed by atoms with Crippen molar-refractivity contribution in [1.82, 2.24) is 10.6 Å². The number of carbonyl (C=O) groups is 3. The van der Waals surface area contributed by atoms with E-state index < -0.39 is 24.5 Å². The van der Waals surface area contributed by atoms with E-state index in [2.05, 4.69) is 5.32 Å². The molecule has 0 saturated carbocycles. The molecule has 6 nitrogen and oxygen atoms in total. The lowest BCUT2D eigenvalue weighted by Crippen LogP contribution is -2.39. The molecular weight excluding hydrogens is 316 g/mol. The molecular formula is C13H15ClN2O4S. The summed E-state index contributed by atoms with van der Waals surface area (Å²) in [7, 11) is 1.38. The van der Waals surface area contributed by atoms with Crippen molar-refractivity contribution < 1.29 is 19.1 Å². The monoisotopic (exact) mass is 330 g/mol. The van der Waals surface area contributed by atoms with Crippen LogP contribution in [0.2, 0.25) is 5.02 Å². The van der Waals surface area contributed by atoms with Gasteiger partial charge in [0, 0.05) is 22.7 Å². The molecule has 0 unspecified atom stereocenters. The van der Waals surface area contributed by atoms with Crippen LogP contribution in [0.3, 0.4) is 0 Å². The molecule has 0 bridgehead atoms. The van der Waals surface area contributed by atoms with Gasteiger partial charge in [0.25, 0.3) is 5.91 Å². The average Bonchev–Trinajstić information content (AvgIpc) is 2.47. The van der Waals surface area contributed by atoms with E-state index in [1.807, 2.05) is 17.4 Å². The maximum Gasteiger partial charge on any atom is 0.321 e. The number of hydrogen-bond acceptors (Lipinski definition) is 5. The first-order valence-corrected chi connectivity index (χ1v) is 7.43. The molecule has 1 aromatic rings. The minimum Gasteiger partial charge on any atom is -0.456 e. The molecule has 0 aliphatic carbocycles. The lowest BCUT2D eigenvalue weighted by atomic mass is 10.4. The Morgan fingerprint density at radius 2 is 1.90 bits per heavy atom. The molecule has 0 radical (unpaired) electrons. The highest BCUT2D eigenvalue weighted by Crippen LogP contribution is 2.20. The van der Waals surface area contributed by atoms with Gasteiger partial charge >= 0.3 is 12.0 Å². The average molecular weight is 331 g/mol. The lowest BCUT2D eigenvalue weighted by molar-refractivity contribution is -0.147. The minimum atomic E-state index is -0.673. The second kappa shape index (κ2) is 9.25. The van der Waals surface area contributed by atoms with Gasteiger partial charge in [-0.15, -0.1) is 11.8 Å². The van der Waals surface area contributed by atoms with E-state index in [0.717, 1.165) is 4.90 Å². The van der Waals surface area contributed by atoms with Crippen molar-refractivity contribution in [2.24, 2.45) is 0 Å². The third kappa shape index (κ3) is 7.57. The van der Waals surface area contributed by atoms with E-state index in [-0.39, 0.29) is 6.42 Å². The molecule has 0 spiro atoms. The maximum absolute atomic E-state index is 11.4. The molecule has 0 aliphatic rings. The first kappa shape index (κ1) is 17.3. The number of ether oxygens (including phenoxy) is 1. The first-order chi connectivity index (χ1) is 10.0. The topological polar surface area (TPSA) is 84.5 Å².